The van der Waals surface area contributed by atoms with E-state index < -0.39 is 0 Å². The third-order valence-corrected chi connectivity index (χ3v) is 4.82. The number of amides is 3. The molecule has 2 aliphatic rings. The molecule has 1 aromatic carbocycles. The number of benzene rings is 1. The molecule has 3 N–H and O–H groups in total. The molecule has 0 unspecified atom stereocenters. The molecule has 0 atom stereocenters. The minimum atomic E-state index is -0.260. The van der Waals surface area contributed by atoms with Gasteiger partial charge in [-0.15, -0.1) is 0 Å². The van der Waals surface area contributed by atoms with Gasteiger partial charge in [-0.25, -0.2) is 4.79 Å². The molecule has 1 heterocycles. The number of carbonyl (C=O) groups is 2. The highest BCUT2D eigenvalue weighted by atomic mass is 16.7. The lowest BCUT2D eigenvalue weighted by Crippen LogP contribution is -2.40. The molecule has 1 aliphatic heterocycles. The van der Waals surface area contributed by atoms with Crippen LogP contribution in [0.25, 0.3) is 0 Å². The second-order valence-corrected chi connectivity index (χ2v) is 6.86. The molecule has 7 nitrogen and oxygen atoms in total. The third kappa shape index (κ3) is 5.54. The molecule has 0 saturated heterocycles. The summed E-state index contributed by atoms with van der Waals surface area (Å²) in [7, 11) is 0. The summed E-state index contributed by atoms with van der Waals surface area (Å²) in [5, 5.41) is 8.40. The first-order valence-corrected chi connectivity index (χ1v) is 9.37. The van der Waals surface area contributed by atoms with Gasteiger partial charge in [0.25, 0.3) is 0 Å². The second-order valence-electron chi connectivity index (χ2n) is 6.86. The Hall–Kier alpha value is -2.44. The predicted molar refractivity (Wildman–Crippen MR) is 97.0 cm³/mol. The van der Waals surface area contributed by atoms with Crippen molar-refractivity contribution in [3.8, 4) is 11.5 Å². The van der Waals surface area contributed by atoms with E-state index in [4.69, 9.17) is 9.47 Å². The van der Waals surface area contributed by atoms with E-state index in [9.17, 15) is 9.59 Å². The van der Waals surface area contributed by atoms with Crippen molar-refractivity contribution in [3.05, 3.63) is 23.8 Å². The Labute approximate surface area is 153 Å². The van der Waals surface area contributed by atoms with Gasteiger partial charge in [0.15, 0.2) is 11.5 Å². The molecular formula is C19H27N3O4. The Bertz CT molecular complexity index is 629. The zero-order chi connectivity index (χ0) is 18.2. The molecule has 0 spiro atoms. The minimum Gasteiger partial charge on any atom is -0.454 e. The average molecular weight is 361 g/mol. The van der Waals surface area contributed by atoms with Crippen LogP contribution in [0.4, 0.5) is 4.79 Å². The molecule has 0 radical (unpaired) electrons. The van der Waals surface area contributed by atoms with E-state index in [1.807, 2.05) is 18.2 Å². The lowest BCUT2D eigenvalue weighted by Gasteiger charge is -2.20. The summed E-state index contributed by atoms with van der Waals surface area (Å²) in [6, 6.07) is 5.32. The maximum Gasteiger partial charge on any atom is 0.315 e. The van der Waals surface area contributed by atoms with E-state index in [1.165, 1.54) is 19.3 Å². The van der Waals surface area contributed by atoms with Crippen molar-refractivity contribution in [2.24, 2.45) is 5.92 Å². The molecule has 1 fully saturated rings. The van der Waals surface area contributed by atoms with Crippen LogP contribution in [0, 0.1) is 5.92 Å². The van der Waals surface area contributed by atoms with Crippen molar-refractivity contribution >= 4 is 11.9 Å². The largest absolute Gasteiger partial charge is 0.454 e. The van der Waals surface area contributed by atoms with Gasteiger partial charge < -0.3 is 25.4 Å². The van der Waals surface area contributed by atoms with Gasteiger partial charge in [0.05, 0.1) is 0 Å². The van der Waals surface area contributed by atoms with Crippen LogP contribution in [0.1, 0.15) is 44.1 Å². The summed E-state index contributed by atoms with van der Waals surface area (Å²) in [5.74, 6) is 2.04. The van der Waals surface area contributed by atoms with Crippen LogP contribution in [0.5, 0.6) is 11.5 Å². The van der Waals surface area contributed by atoms with Crippen LogP contribution in [-0.2, 0) is 11.3 Å². The fraction of sp³-hybridized carbons (Fsp3) is 0.579. The van der Waals surface area contributed by atoms with E-state index in [0.29, 0.717) is 37.7 Å². The molecule has 0 aromatic heterocycles. The SMILES string of the molecule is O=C(CC1CCCCC1)NCCNC(=O)NCc1ccc2c(c1)OCO2. The van der Waals surface area contributed by atoms with Crippen molar-refractivity contribution in [1.29, 1.82) is 0 Å². The highest BCUT2D eigenvalue weighted by Crippen LogP contribution is 2.32. The Morgan fingerprint density at radius 1 is 0.962 bits per heavy atom. The van der Waals surface area contributed by atoms with Crippen molar-refractivity contribution in [2.75, 3.05) is 19.9 Å². The molecule has 7 heteroatoms. The van der Waals surface area contributed by atoms with Gasteiger partial charge in [-0.1, -0.05) is 25.3 Å². The van der Waals surface area contributed by atoms with Crippen LogP contribution in [0.2, 0.25) is 0 Å². The van der Waals surface area contributed by atoms with Crippen LogP contribution < -0.4 is 25.4 Å². The van der Waals surface area contributed by atoms with Gasteiger partial charge in [0, 0.05) is 26.1 Å². The summed E-state index contributed by atoms with van der Waals surface area (Å²) in [4.78, 5) is 23.7. The molecular weight excluding hydrogens is 334 g/mol. The third-order valence-electron chi connectivity index (χ3n) is 4.82. The van der Waals surface area contributed by atoms with Gasteiger partial charge in [0.2, 0.25) is 12.7 Å². The first kappa shape index (κ1) is 18.4. The van der Waals surface area contributed by atoms with Crippen molar-refractivity contribution in [1.82, 2.24) is 16.0 Å². The Kier molecular flexibility index (Phi) is 6.57. The number of ether oxygens (including phenoxy) is 2. The first-order chi connectivity index (χ1) is 12.7. The zero-order valence-electron chi connectivity index (χ0n) is 15.0. The molecule has 3 rings (SSSR count). The summed E-state index contributed by atoms with van der Waals surface area (Å²) in [6.07, 6.45) is 6.70. The molecule has 0 bridgehead atoms. The number of nitrogens with one attached hydrogen (secondary N) is 3. The summed E-state index contributed by atoms with van der Waals surface area (Å²) in [6.45, 7) is 1.49. The monoisotopic (exact) mass is 361 g/mol. The second kappa shape index (κ2) is 9.31. The molecule has 26 heavy (non-hydrogen) atoms. The molecule has 3 amide bonds. The van der Waals surface area contributed by atoms with Crippen LogP contribution in [0.3, 0.4) is 0 Å². The fourth-order valence-corrected chi connectivity index (χ4v) is 3.40. The van der Waals surface area contributed by atoms with E-state index >= 15 is 0 Å². The molecule has 1 aliphatic carbocycles. The van der Waals surface area contributed by atoms with Crippen LogP contribution in [0.15, 0.2) is 18.2 Å². The van der Waals surface area contributed by atoms with Crippen molar-refractivity contribution in [3.63, 3.8) is 0 Å². The number of carbonyl (C=O) groups excluding carboxylic acids is 2. The van der Waals surface area contributed by atoms with Crippen LogP contribution >= 0.6 is 0 Å². The van der Waals surface area contributed by atoms with Gasteiger partial charge in [-0.05, 0) is 36.5 Å². The van der Waals surface area contributed by atoms with Crippen molar-refractivity contribution in [2.45, 2.75) is 45.1 Å². The smallest absolute Gasteiger partial charge is 0.315 e. The Balaban J connectivity index is 1.26. The zero-order valence-corrected chi connectivity index (χ0v) is 15.0. The Morgan fingerprint density at radius 3 is 2.58 bits per heavy atom. The standard InChI is InChI=1S/C19H27N3O4/c23-18(11-14-4-2-1-3-5-14)20-8-9-21-19(24)22-12-15-6-7-16-17(10-15)26-13-25-16/h6-7,10,14H,1-5,8-9,11-13H2,(H,20,23)(H2,21,22,24). The molecule has 1 aromatic rings. The summed E-state index contributed by atoms with van der Waals surface area (Å²) < 4.78 is 10.6. The predicted octanol–water partition coefficient (Wildman–Crippen LogP) is 2.30. The maximum atomic E-state index is 11.9. The van der Waals surface area contributed by atoms with E-state index in [2.05, 4.69) is 16.0 Å². The summed E-state index contributed by atoms with van der Waals surface area (Å²) in [5.41, 5.74) is 0.935. The molecule has 1 saturated carbocycles. The number of fused-ring (bicyclic) bond motifs is 1. The van der Waals surface area contributed by atoms with Gasteiger partial charge in [-0.2, -0.15) is 0 Å². The lowest BCUT2D eigenvalue weighted by molar-refractivity contribution is -0.122. The number of hydrogen-bond acceptors (Lipinski definition) is 4. The Morgan fingerprint density at radius 2 is 1.73 bits per heavy atom. The van der Waals surface area contributed by atoms with Gasteiger partial charge >= 0.3 is 6.03 Å². The van der Waals surface area contributed by atoms with Crippen LogP contribution in [-0.4, -0.2) is 31.8 Å². The number of rotatable bonds is 7. The molecule has 142 valence electrons. The number of urea groups is 1. The highest BCUT2D eigenvalue weighted by molar-refractivity contribution is 5.76. The fourth-order valence-electron chi connectivity index (χ4n) is 3.40. The number of hydrogen-bond donors (Lipinski definition) is 3. The van der Waals surface area contributed by atoms with E-state index in [1.54, 1.807) is 0 Å². The first-order valence-electron chi connectivity index (χ1n) is 9.37. The summed E-state index contributed by atoms with van der Waals surface area (Å²) >= 11 is 0. The van der Waals surface area contributed by atoms with E-state index in [-0.39, 0.29) is 18.7 Å². The van der Waals surface area contributed by atoms with Gasteiger partial charge in [0.1, 0.15) is 0 Å². The van der Waals surface area contributed by atoms with E-state index in [0.717, 1.165) is 24.2 Å². The van der Waals surface area contributed by atoms with Gasteiger partial charge in [-0.3, -0.25) is 4.79 Å². The quantitative estimate of drug-likeness (QED) is 0.650. The average Bonchev–Trinajstić information content (AvgIpc) is 3.12. The normalized spacial score (nSPS) is 16.2. The minimum absolute atomic E-state index is 0.0828. The topological polar surface area (TPSA) is 88.7 Å². The maximum absolute atomic E-state index is 11.9. The highest BCUT2D eigenvalue weighted by Gasteiger charge is 2.16. The van der Waals surface area contributed by atoms with Crippen molar-refractivity contribution < 1.29 is 19.1 Å². The lowest BCUT2D eigenvalue weighted by atomic mass is 9.87.